The highest BCUT2D eigenvalue weighted by Crippen LogP contribution is 2.16. The third-order valence-electron chi connectivity index (χ3n) is 4.22. The molecule has 4 rings (SSSR count). The Bertz CT molecular complexity index is 822. The number of rotatable bonds is 4. The third-order valence-corrected chi connectivity index (χ3v) is 4.22. The summed E-state index contributed by atoms with van der Waals surface area (Å²) in [7, 11) is 2.15. The average Bonchev–Trinajstić information content (AvgIpc) is 3.10. The van der Waals surface area contributed by atoms with Crippen LogP contribution in [0.4, 0.5) is 11.6 Å². The van der Waals surface area contributed by atoms with Crippen LogP contribution in [0.3, 0.4) is 0 Å². The van der Waals surface area contributed by atoms with E-state index in [1.807, 2.05) is 12.3 Å². The molecule has 124 valence electrons. The molecule has 0 saturated carbocycles. The molecule has 3 aromatic rings. The molecule has 0 aliphatic carbocycles. The van der Waals surface area contributed by atoms with Crippen molar-refractivity contribution >= 4 is 17.3 Å². The summed E-state index contributed by atoms with van der Waals surface area (Å²) in [5.74, 6) is 1.79. The molecule has 9 heteroatoms. The molecule has 0 bridgehead atoms. The Kier molecular flexibility index (Phi) is 3.91. The van der Waals surface area contributed by atoms with Crippen molar-refractivity contribution in [1.29, 1.82) is 0 Å². The summed E-state index contributed by atoms with van der Waals surface area (Å²) in [6, 6.07) is 4.14. The lowest BCUT2D eigenvalue weighted by atomic mass is 10.2. The molecule has 9 nitrogen and oxygen atoms in total. The Morgan fingerprint density at radius 2 is 2.04 bits per heavy atom. The molecule has 1 fully saturated rings. The number of tetrazole rings is 1. The van der Waals surface area contributed by atoms with Crippen LogP contribution in [0.1, 0.15) is 5.56 Å². The van der Waals surface area contributed by atoms with Gasteiger partial charge in [-0.1, -0.05) is 0 Å². The number of piperazine rings is 1. The van der Waals surface area contributed by atoms with Crippen LogP contribution in [0.15, 0.2) is 30.7 Å². The zero-order chi connectivity index (χ0) is 16.4. The predicted octanol–water partition coefficient (Wildman–Crippen LogP) is 0.278. The summed E-state index contributed by atoms with van der Waals surface area (Å²) in [4.78, 5) is 13.3. The number of fused-ring (bicyclic) bond motifs is 1. The third kappa shape index (κ3) is 2.98. The van der Waals surface area contributed by atoms with E-state index in [0.29, 0.717) is 12.2 Å². The largest absolute Gasteiger partial charge is 0.365 e. The van der Waals surface area contributed by atoms with Crippen LogP contribution in [-0.2, 0) is 6.54 Å². The molecule has 1 aliphatic heterocycles. The second-order valence-electron chi connectivity index (χ2n) is 5.91. The van der Waals surface area contributed by atoms with Crippen molar-refractivity contribution < 1.29 is 0 Å². The van der Waals surface area contributed by atoms with Gasteiger partial charge in [0, 0.05) is 38.9 Å². The smallest absolute Gasteiger partial charge is 0.199 e. The first-order valence-electron chi connectivity index (χ1n) is 7.94. The van der Waals surface area contributed by atoms with E-state index in [-0.39, 0.29) is 0 Å². The second-order valence-corrected chi connectivity index (χ2v) is 5.91. The standard InChI is InChI=1S/C15H19N9/c1-22-4-6-23(7-5-22)13-8-12(2-3-17-13)9-18-14-10-16-11-15-19-20-21-24(14)15/h2-3,8,10-11,18H,4-7,9H2,1H3. The number of anilines is 2. The fourth-order valence-electron chi connectivity index (χ4n) is 2.77. The fraction of sp³-hybridized carbons (Fsp3) is 0.400. The van der Waals surface area contributed by atoms with Crippen LogP contribution in [0, 0.1) is 0 Å². The highest BCUT2D eigenvalue weighted by molar-refractivity contribution is 5.46. The number of nitrogens with zero attached hydrogens (tertiary/aromatic N) is 8. The van der Waals surface area contributed by atoms with Gasteiger partial charge in [0.05, 0.1) is 12.4 Å². The molecule has 24 heavy (non-hydrogen) atoms. The van der Waals surface area contributed by atoms with Crippen LogP contribution < -0.4 is 10.2 Å². The molecule has 4 heterocycles. The van der Waals surface area contributed by atoms with Gasteiger partial charge >= 0.3 is 0 Å². The topological polar surface area (TPSA) is 87.4 Å². The highest BCUT2D eigenvalue weighted by Gasteiger charge is 2.15. The molecule has 1 saturated heterocycles. The van der Waals surface area contributed by atoms with E-state index in [9.17, 15) is 0 Å². The summed E-state index contributed by atoms with van der Waals surface area (Å²) in [6.45, 7) is 4.81. The fourth-order valence-corrected chi connectivity index (χ4v) is 2.77. The van der Waals surface area contributed by atoms with E-state index in [1.54, 1.807) is 16.9 Å². The minimum absolute atomic E-state index is 0.618. The van der Waals surface area contributed by atoms with Gasteiger partial charge in [-0.3, -0.25) is 4.98 Å². The van der Waals surface area contributed by atoms with Crippen LogP contribution in [0.25, 0.3) is 5.65 Å². The van der Waals surface area contributed by atoms with Crippen molar-refractivity contribution in [3.05, 3.63) is 36.3 Å². The number of aromatic nitrogens is 6. The Morgan fingerprint density at radius 3 is 2.92 bits per heavy atom. The van der Waals surface area contributed by atoms with Crippen LogP contribution in [0.5, 0.6) is 0 Å². The predicted molar refractivity (Wildman–Crippen MR) is 89.9 cm³/mol. The lowest BCUT2D eigenvalue weighted by Gasteiger charge is -2.33. The van der Waals surface area contributed by atoms with Crippen LogP contribution in [-0.4, -0.2) is 68.1 Å². The van der Waals surface area contributed by atoms with Gasteiger partial charge in [0.25, 0.3) is 0 Å². The number of hydrogen-bond acceptors (Lipinski definition) is 8. The minimum atomic E-state index is 0.618. The molecular weight excluding hydrogens is 306 g/mol. The summed E-state index contributed by atoms with van der Waals surface area (Å²) in [5.41, 5.74) is 1.77. The normalized spacial score (nSPS) is 15.8. The van der Waals surface area contributed by atoms with E-state index in [1.165, 1.54) is 0 Å². The zero-order valence-corrected chi connectivity index (χ0v) is 13.5. The monoisotopic (exact) mass is 325 g/mol. The highest BCUT2D eigenvalue weighted by atomic mass is 15.5. The first-order chi connectivity index (χ1) is 11.8. The molecule has 1 aliphatic rings. The minimum Gasteiger partial charge on any atom is -0.365 e. The number of nitrogens with one attached hydrogen (secondary N) is 1. The lowest BCUT2D eigenvalue weighted by molar-refractivity contribution is 0.312. The van der Waals surface area contributed by atoms with E-state index in [2.05, 4.69) is 53.7 Å². The van der Waals surface area contributed by atoms with Gasteiger partial charge in [-0.05, 0) is 35.2 Å². The first kappa shape index (κ1) is 14.8. The van der Waals surface area contributed by atoms with Gasteiger partial charge in [0.2, 0.25) is 0 Å². The van der Waals surface area contributed by atoms with Crippen molar-refractivity contribution in [3.63, 3.8) is 0 Å². The van der Waals surface area contributed by atoms with E-state index >= 15 is 0 Å². The molecule has 0 radical (unpaired) electrons. The Morgan fingerprint density at radius 1 is 1.17 bits per heavy atom. The maximum absolute atomic E-state index is 4.51. The zero-order valence-electron chi connectivity index (χ0n) is 13.5. The number of pyridine rings is 1. The first-order valence-corrected chi connectivity index (χ1v) is 7.94. The summed E-state index contributed by atoms with van der Waals surface area (Å²) < 4.78 is 1.63. The summed E-state index contributed by atoms with van der Waals surface area (Å²) in [6.07, 6.45) is 5.20. The maximum Gasteiger partial charge on any atom is 0.199 e. The van der Waals surface area contributed by atoms with Crippen molar-refractivity contribution in [2.24, 2.45) is 0 Å². The molecule has 0 atom stereocenters. The van der Waals surface area contributed by atoms with E-state index in [0.717, 1.165) is 43.4 Å². The second kappa shape index (κ2) is 6.36. The molecule has 0 aromatic carbocycles. The molecule has 0 unspecified atom stereocenters. The SMILES string of the molecule is CN1CCN(c2cc(CNc3cncc4nnnn34)ccn2)CC1. The van der Waals surface area contributed by atoms with Gasteiger partial charge in [-0.2, -0.15) is 4.52 Å². The van der Waals surface area contributed by atoms with Gasteiger partial charge in [-0.15, -0.1) is 5.10 Å². The quantitative estimate of drug-likeness (QED) is 0.732. The molecule has 0 amide bonds. The van der Waals surface area contributed by atoms with Gasteiger partial charge in [0.1, 0.15) is 5.82 Å². The molecule has 3 aromatic heterocycles. The Hall–Kier alpha value is -2.81. The van der Waals surface area contributed by atoms with Gasteiger partial charge < -0.3 is 15.1 Å². The molecular formula is C15H19N9. The molecule has 1 N–H and O–H groups in total. The Labute approximate surface area is 139 Å². The Balaban J connectivity index is 1.47. The van der Waals surface area contributed by atoms with E-state index < -0.39 is 0 Å². The van der Waals surface area contributed by atoms with Crippen molar-refractivity contribution in [2.45, 2.75) is 6.54 Å². The van der Waals surface area contributed by atoms with Crippen molar-refractivity contribution in [3.8, 4) is 0 Å². The lowest BCUT2D eigenvalue weighted by Crippen LogP contribution is -2.44. The summed E-state index contributed by atoms with van der Waals surface area (Å²) >= 11 is 0. The number of hydrogen-bond donors (Lipinski definition) is 1. The average molecular weight is 325 g/mol. The van der Waals surface area contributed by atoms with Crippen molar-refractivity contribution in [2.75, 3.05) is 43.4 Å². The van der Waals surface area contributed by atoms with Crippen LogP contribution in [0.2, 0.25) is 0 Å². The van der Waals surface area contributed by atoms with Gasteiger partial charge in [0.15, 0.2) is 11.5 Å². The summed E-state index contributed by atoms with van der Waals surface area (Å²) in [5, 5.41) is 14.8. The van der Waals surface area contributed by atoms with Crippen molar-refractivity contribution in [1.82, 2.24) is 34.9 Å². The number of likely N-dealkylation sites (N-methyl/N-ethyl adjacent to an activating group) is 1. The van der Waals surface area contributed by atoms with Gasteiger partial charge in [-0.25, -0.2) is 4.98 Å². The molecule has 0 spiro atoms. The maximum atomic E-state index is 4.51. The van der Waals surface area contributed by atoms with E-state index in [4.69, 9.17) is 0 Å². The van der Waals surface area contributed by atoms with Crippen LogP contribution >= 0.6 is 0 Å².